The summed E-state index contributed by atoms with van der Waals surface area (Å²) >= 11 is 4.34. The highest BCUT2D eigenvalue weighted by Gasteiger charge is 2.20. The van der Waals surface area contributed by atoms with Crippen LogP contribution < -0.4 is 10.2 Å². The molecule has 1 aliphatic carbocycles. The van der Waals surface area contributed by atoms with Crippen LogP contribution in [0.4, 0.5) is 0 Å². The molecular formula is C20H30N2O4S. The summed E-state index contributed by atoms with van der Waals surface area (Å²) in [5, 5.41) is 12.9. The van der Waals surface area contributed by atoms with Gasteiger partial charge in [-0.3, -0.25) is 9.59 Å². The fourth-order valence-corrected chi connectivity index (χ4v) is 2.77. The monoisotopic (exact) mass is 394 g/mol. The highest BCUT2D eigenvalue weighted by Crippen LogP contribution is 2.27. The van der Waals surface area contributed by atoms with Gasteiger partial charge in [0.05, 0.1) is 12.3 Å². The first-order valence-electron chi connectivity index (χ1n) is 9.30. The number of thiol groups is 1. The molecule has 0 heterocycles. The second-order valence-electron chi connectivity index (χ2n) is 6.75. The lowest BCUT2D eigenvalue weighted by Crippen LogP contribution is -2.26. The lowest BCUT2D eigenvalue weighted by molar-refractivity contribution is -0.137. The minimum absolute atomic E-state index is 0.102. The van der Waals surface area contributed by atoms with Crippen LogP contribution in [0.5, 0.6) is 5.75 Å². The van der Waals surface area contributed by atoms with Crippen LogP contribution in [0, 0.1) is 0 Å². The fraction of sp³-hybridized carbons (Fsp3) is 0.550. The number of carboxylic acids is 1. The first kappa shape index (κ1) is 23.0. The van der Waals surface area contributed by atoms with E-state index in [1.54, 1.807) is 0 Å². The summed E-state index contributed by atoms with van der Waals surface area (Å²) < 4.78 is 5.22. The number of carbonyl (C=O) groups excluding carboxylic acids is 1. The van der Waals surface area contributed by atoms with Gasteiger partial charge in [-0.25, -0.2) is 5.43 Å². The molecule has 1 aliphatic rings. The van der Waals surface area contributed by atoms with E-state index in [2.05, 4.69) is 23.2 Å². The minimum Gasteiger partial charge on any atom is -0.494 e. The quantitative estimate of drug-likeness (QED) is 0.355. The van der Waals surface area contributed by atoms with Gasteiger partial charge in [-0.15, -0.1) is 0 Å². The van der Waals surface area contributed by atoms with E-state index >= 15 is 0 Å². The van der Waals surface area contributed by atoms with E-state index < -0.39 is 5.97 Å². The van der Waals surface area contributed by atoms with E-state index in [0.717, 1.165) is 35.4 Å². The molecule has 2 rings (SSSR count). The normalized spacial score (nSPS) is 14.2. The largest absolute Gasteiger partial charge is 0.494 e. The van der Waals surface area contributed by atoms with Crippen molar-refractivity contribution in [2.24, 2.45) is 5.10 Å². The standard InChI is InChI=1S/C18H24N2O4S.C2H6/c1-18(2,25)11-16(21)20-19-15-8-5-12-10-13(6-7-14(12)15)24-9-3-4-17(22)23;1-2/h6-7,10,25H,3-5,8-9,11H2,1-2H3,(H,20,21)(H,22,23);1-2H3/b19-15+;. The second-order valence-corrected chi connectivity index (χ2v) is 7.96. The van der Waals surface area contributed by atoms with Gasteiger partial charge in [-0.1, -0.05) is 27.7 Å². The van der Waals surface area contributed by atoms with Crippen molar-refractivity contribution >= 4 is 30.2 Å². The number of hydrogen-bond donors (Lipinski definition) is 3. The molecule has 0 saturated carbocycles. The van der Waals surface area contributed by atoms with E-state index in [1.807, 2.05) is 45.9 Å². The number of aryl methyl sites for hydroxylation is 1. The summed E-state index contributed by atoms with van der Waals surface area (Å²) in [6.07, 6.45) is 2.48. The number of ether oxygens (including phenoxy) is 1. The Kier molecular flexibility index (Phi) is 9.35. The van der Waals surface area contributed by atoms with Gasteiger partial charge in [0, 0.05) is 23.2 Å². The van der Waals surface area contributed by atoms with Crippen molar-refractivity contribution in [1.29, 1.82) is 0 Å². The van der Waals surface area contributed by atoms with Gasteiger partial charge >= 0.3 is 5.97 Å². The Bertz CT molecular complexity index is 681. The number of nitrogens with one attached hydrogen (secondary N) is 1. The van der Waals surface area contributed by atoms with Crippen molar-refractivity contribution in [2.75, 3.05) is 6.61 Å². The zero-order chi connectivity index (χ0) is 20.4. The Hall–Kier alpha value is -2.02. The molecule has 0 atom stereocenters. The summed E-state index contributed by atoms with van der Waals surface area (Å²) in [5.74, 6) is -0.243. The summed E-state index contributed by atoms with van der Waals surface area (Å²) in [6, 6.07) is 5.73. The average molecular weight is 395 g/mol. The first-order valence-corrected chi connectivity index (χ1v) is 9.75. The Morgan fingerprint density at radius 1 is 1.30 bits per heavy atom. The number of rotatable bonds is 8. The van der Waals surface area contributed by atoms with Crippen LogP contribution in [0.1, 0.15) is 64.5 Å². The predicted molar refractivity (Wildman–Crippen MR) is 111 cm³/mol. The van der Waals surface area contributed by atoms with Gasteiger partial charge in [-0.05, 0) is 43.0 Å². The van der Waals surface area contributed by atoms with Crippen LogP contribution in [0.25, 0.3) is 0 Å². The predicted octanol–water partition coefficient (Wildman–Crippen LogP) is 3.82. The Labute approximate surface area is 166 Å². The average Bonchev–Trinajstić information content (AvgIpc) is 2.99. The highest BCUT2D eigenvalue weighted by atomic mass is 32.1. The molecule has 0 aliphatic heterocycles. The molecule has 2 N–H and O–H groups in total. The molecule has 1 aromatic carbocycles. The maximum absolute atomic E-state index is 11.8. The molecule has 0 radical (unpaired) electrons. The van der Waals surface area contributed by atoms with Gasteiger partial charge in [0.1, 0.15) is 5.75 Å². The molecule has 1 amide bonds. The molecule has 0 unspecified atom stereocenters. The molecule has 0 fully saturated rings. The molecule has 1 aromatic rings. The van der Waals surface area contributed by atoms with Crippen molar-refractivity contribution in [3.63, 3.8) is 0 Å². The van der Waals surface area contributed by atoms with E-state index in [9.17, 15) is 9.59 Å². The van der Waals surface area contributed by atoms with Crippen LogP contribution in [0.3, 0.4) is 0 Å². The minimum atomic E-state index is -0.818. The van der Waals surface area contributed by atoms with Crippen molar-refractivity contribution in [3.05, 3.63) is 29.3 Å². The third kappa shape index (κ3) is 8.47. The SMILES string of the molecule is CC.CC(C)(S)CC(=O)N/N=C1\CCc2cc(OCCCC(=O)O)ccc21. The number of carbonyl (C=O) groups is 2. The summed E-state index contributed by atoms with van der Waals surface area (Å²) in [6.45, 7) is 8.14. The molecule has 27 heavy (non-hydrogen) atoms. The van der Waals surface area contributed by atoms with Crippen molar-refractivity contribution < 1.29 is 19.4 Å². The van der Waals surface area contributed by atoms with Crippen molar-refractivity contribution in [2.45, 2.75) is 64.5 Å². The van der Waals surface area contributed by atoms with Crippen LogP contribution >= 0.6 is 12.6 Å². The number of benzene rings is 1. The second kappa shape index (κ2) is 11.0. The highest BCUT2D eigenvalue weighted by molar-refractivity contribution is 7.81. The van der Waals surface area contributed by atoms with Gasteiger partial charge in [0.15, 0.2) is 0 Å². The fourth-order valence-electron chi connectivity index (χ4n) is 2.63. The maximum Gasteiger partial charge on any atom is 0.303 e. The van der Waals surface area contributed by atoms with E-state index in [4.69, 9.17) is 9.84 Å². The zero-order valence-electron chi connectivity index (χ0n) is 16.5. The molecule has 7 heteroatoms. The molecule has 150 valence electrons. The zero-order valence-corrected chi connectivity index (χ0v) is 17.4. The van der Waals surface area contributed by atoms with E-state index in [-0.39, 0.29) is 17.1 Å². The lowest BCUT2D eigenvalue weighted by atomic mass is 10.1. The van der Waals surface area contributed by atoms with Gasteiger partial charge < -0.3 is 9.84 Å². The number of carboxylic acid groups (broad SMARTS) is 1. The Balaban J connectivity index is 0.00000176. The van der Waals surface area contributed by atoms with Gasteiger partial charge in [0.25, 0.3) is 0 Å². The third-order valence-corrected chi connectivity index (χ3v) is 3.89. The summed E-state index contributed by atoms with van der Waals surface area (Å²) in [5.41, 5.74) is 5.60. The van der Waals surface area contributed by atoms with Crippen LogP contribution in [-0.4, -0.2) is 34.0 Å². The number of hydrogen-bond acceptors (Lipinski definition) is 5. The number of hydrazone groups is 1. The molecule has 0 aromatic heterocycles. The lowest BCUT2D eigenvalue weighted by Gasteiger charge is -2.15. The Morgan fingerprint density at radius 3 is 2.63 bits per heavy atom. The van der Waals surface area contributed by atoms with E-state index in [0.29, 0.717) is 19.4 Å². The van der Waals surface area contributed by atoms with Gasteiger partial charge in [0.2, 0.25) is 5.91 Å². The third-order valence-electron chi connectivity index (χ3n) is 3.73. The van der Waals surface area contributed by atoms with Crippen LogP contribution in [0.15, 0.2) is 23.3 Å². The molecule has 0 spiro atoms. The molecule has 0 saturated heterocycles. The smallest absolute Gasteiger partial charge is 0.303 e. The van der Waals surface area contributed by atoms with Crippen molar-refractivity contribution in [3.8, 4) is 5.75 Å². The van der Waals surface area contributed by atoms with Gasteiger partial charge in [-0.2, -0.15) is 17.7 Å². The number of fused-ring (bicyclic) bond motifs is 1. The maximum atomic E-state index is 11.8. The topological polar surface area (TPSA) is 88.0 Å². The summed E-state index contributed by atoms with van der Waals surface area (Å²) in [4.78, 5) is 22.3. The first-order chi connectivity index (χ1) is 12.7. The van der Waals surface area contributed by atoms with Crippen LogP contribution in [-0.2, 0) is 16.0 Å². The van der Waals surface area contributed by atoms with E-state index in [1.165, 1.54) is 0 Å². The Morgan fingerprint density at radius 2 is 2.00 bits per heavy atom. The molecular weight excluding hydrogens is 364 g/mol. The van der Waals surface area contributed by atoms with Crippen LogP contribution in [0.2, 0.25) is 0 Å². The number of aliphatic carboxylic acids is 1. The van der Waals surface area contributed by atoms with Crippen molar-refractivity contribution in [1.82, 2.24) is 5.43 Å². The molecule has 0 bridgehead atoms. The number of amides is 1. The summed E-state index contributed by atoms with van der Waals surface area (Å²) in [7, 11) is 0. The molecule has 6 nitrogen and oxygen atoms in total. The number of nitrogens with zero attached hydrogens (tertiary/aromatic N) is 1.